The molecule has 6 heteroatoms. The van der Waals surface area contributed by atoms with Gasteiger partial charge in [-0.1, -0.05) is 54.6 Å². The lowest BCUT2D eigenvalue weighted by Gasteiger charge is -2.35. The molecule has 35 heavy (non-hydrogen) atoms. The Morgan fingerprint density at radius 1 is 1.09 bits per heavy atom. The molecule has 1 aromatic heterocycles. The van der Waals surface area contributed by atoms with Crippen molar-refractivity contribution in [3.05, 3.63) is 107 Å². The molecular formula is C29H28N2O4. The van der Waals surface area contributed by atoms with Gasteiger partial charge in [0, 0.05) is 25.1 Å². The fourth-order valence-electron chi connectivity index (χ4n) is 4.65. The third kappa shape index (κ3) is 5.12. The quantitative estimate of drug-likeness (QED) is 0.370. The molecule has 2 heterocycles. The number of ether oxygens (including phenoxy) is 1. The predicted octanol–water partition coefficient (Wildman–Crippen LogP) is 5.46. The monoisotopic (exact) mass is 468 g/mol. The Hall–Kier alpha value is -3.90. The molecule has 0 saturated carbocycles. The first-order valence-corrected chi connectivity index (χ1v) is 11.9. The maximum Gasteiger partial charge on any atom is 0.325 e. The molecule has 178 valence electrons. The van der Waals surface area contributed by atoms with Crippen molar-refractivity contribution in [1.29, 1.82) is 0 Å². The number of hydrogen-bond acceptors (Lipinski definition) is 5. The third-order valence-corrected chi connectivity index (χ3v) is 6.43. The molecule has 0 fully saturated rings. The van der Waals surface area contributed by atoms with Crippen LogP contribution in [0.5, 0.6) is 5.75 Å². The van der Waals surface area contributed by atoms with Crippen LogP contribution in [-0.2, 0) is 24.2 Å². The van der Waals surface area contributed by atoms with E-state index in [0.717, 1.165) is 45.9 Å². The number of aryl methyl sites for hydroxylation is 1. The average molecular weight is 469 g/mol. The molecule has 1 aliphatic rings. The second-order valence-corrected chi connectivity index (χ2v) is 8.79. The van der Waals surface area contributed by atoms with Crippen LogP contribution in [0.1, 0.15) is 34.2 Å². The molecule has 5 rings (SSSR count). The van der Waals surface area contributed by atoms with Crippen LogP contribution in [0, 0.1) is 6.92 Å². The fourth-order valence-corrected chi connectivity index (χ4v) is 4.65. The highest BCUT2D eigenvalue weighted by Gasteiger charge is 2.33. The molecule has 0 bridgehead atoms. The number of rotatable bonds is 8. The SMILES string of the molecule is Cc1oc(-c2ccccc2)nc1CCOc1ccc2c(c1)CCN(Cc1ccccc1)C2C(=O)O. The maximum absolute atomic E-state index is 12.2. The summed E-state index contributed by atoms with van der Waals surface area (Å²) in [4.78, 5) is 18.8. The first kappa shape index (κ1) is 22.9. The van der Waals surface area contributed by atoms with Crippen molar-refractivity contribution in [2.24, 2.45) is 0 Å². The zero-order valence-electron chi connectivity index (χ0n) is 19.7. The first-order chi connectivity index (χ1) is 17.1. The van der Waals surface area contributed by atoms with Crippen molar-refractivity contribution in [2.75, 3.05) is 13.2 Å². The summed E-state index contributed by atoms with van der Waals surface area (Å²) in [6, 6.07) is 24.9. The molecule has 4 aromatic rings. The summed E-state index contributed by atoms with van der Waals surface area (Å²) < 4.78 is 11.9. The highest BCUT2D eigenvalue weighted by Crippen LogP contribution is 2.33. The van der Waals surface area contributed by atoms with E-state index in [4.69, 9.17) is 9.15 Å². The molecule has 0 amide bonds. The van der Waals surface area contributed by atoms with E-state index in [9.17, 15) is 9.90 Å². The molecule has 0 spiro atoms. The Labute approximate surface area is 204 Å². The van der Waals surface area contributed by atoms with Gasteiger partial charge in [0.15, 0.2) is 0 Å². The molecule has 1 atom stereocenters. The minimum absolute atomic E-state index is 0.461. The molecule has 3 aromatic carbocycles. The number of benzene rings is 3. The standard InChI is InChI=1S/C29H28N2O4/c1-20-26(30-28(35-20)22-10-6-3-7-11-22)15-17-34-24-12-13-25-23(18-24)14-16-31(27(25)29(32)33)19-21-8-4-2-5-9-21/h2-13,18,27H,14-17,19H2,1H3,(H,32,33). The number of carboxylic acids is 1. The molecule has 0 saturated heterocycles. The van der Waals surface area contributed by atoms with Gasteiger partial charge in [0.2, 0.25) is 5.89 Å². The molecule has 6 nitrogen and oxygen atoms in total. The van der Waals surface area contributed by atoms with Crippen LogP contribution in [0.25, 0.3) is 11.5 Å². The summed E-state index contributed by atoms with van der Waals surface area (Å²) in [5.74, 6) is 1.33. The number of aromatic nitrogens is 1. The van der Waals surface area contributed by atoms with Gasteiger partial charge in [0.25, 0.3) is 0 Å². The van der Waals surface area contributed by atoms with Crippen LogP contribution in [0.15, 0.2) is 83.3 Å². The number of fused-ring (bicyclic) bond motifs is 1. The maximum atomic E-state index is 12.2. The number of hydrogen-bond donors (Lipinski definition) is 1. The van der Waals surface area contributed by atoms with Crippen LogP contribution in [0.2, 0.25) is 0 Å². The van der Waals surface area contributed by atoms with Crippen molar-refractivity contribution in [1.82, 2.24) is 9.88 Å². The van der Waals surface area contributed by atoms with Crippen molar-refractivity contribution in [3.8, 4) is 17.2 Å². The van der Waals surface area contributed by atoms with E-state index in [1.54, 1.807) is 0 Å². The Bertz CT molecular complexity index is 1300. The van der Waals surface area contributed by atoms with Crippen molar-refractivity contribution in [2.45, 2.75) is 32.4 Å². The largest absolute Gasteiger partial charge is 0.493 e. The van der Waals surface area contributed by atoms with Gasteiger partial charge in [0.05, 0.1) is 12.3 Å². The second-order valence-electron chi connectivity index (χ2n) is 8.79. The van der Waals surface area contributed by atoms with E-state index >= 15 is 0 Å². The van der Waals surface area contributed by atoms with Gasteiger partial charge in [-0.15, -0.1) is 0 Å². The van der Waals surface area contributed by atoms with Gasteiger partial charge in [-0.2, -0.15) is 0 Å². The molecule has 1 N–H and O–H groups in total. The summed E-state index contributed by atoms with van der Waals surface area (Å²) >= 11 is 0. The summed E-state index contributed by atoms with van der Waals surface area (Å²) in [5.41, 5.74) is 4.81. The third-order valence-electron chi connectivity index (χ3n) is 6.43. The summed E-state index contributed by atoms with van der Waals surface area (Å²) in [6.45, 7) is 3.67. The van der Waals surface area contributed by atoms with E-state index in [1.165, 1.54) is 0 Å². The minimum Gasteiger partial charge on any atom is -0.493 e. The highest BCUT2D eigenvalue weighted by atomic mass is 16.5. The summed E-state index contributed by atoms with van der Waals surface area (Å²) in [5, 5.41) is 9.99. The smallest absolute Gasteiger partial charge is 0.325 e. The normalized spacial score (nSPS) is 15.5. The summed E-state index contributed by atoms with van der Waals surface area (Å²) in [7, 11) is 0. The number of aliphatic carboxylic acids is 1. The van der Waals surface area contributed by atoms with Crippen molar-refractivity contribution in [3.63, 3.8) is 0 Å². The fraction of sp³-hybridized carbons (Fsp3) is 0.241. The zero-order chi connectivity index (χ0) is 24.2. The lowest BCUT2D eigenvalue weighted by Crippen LogP contribution is -2.39. The van der Waals surface area contributed by atoms with Gasteiger partial charge in [0.1, 0.15) is 17.6 Å². The van der Waals surface area contributed by atoms with Gasteiger partial charge >= 0.3 is 5.97 Å². The van der Waals surface area contributed by atoms with Crippen LogP contribution in [-0.4, -0.2) is 34.1 Å². The van der Waals surface area contributed by atoms with Crippen molar-refractivity contribution >= 4 is 5.97 Å². The first-order valence-electron chi connectivity index (χ1n) is 11.9. The van der Waals surface area contributed by atoms with Gasteiger partial charge in [-0.25, -0.2) is 4.98 Å². The number of oxazole rings is 1. The minimum atomic E-state index is -0.828. The lowest BCUT2D eigenvalue weighted by molar-refractivity contribution is -0.144. The van der Waals surface area contributed by atoms with Crippen molar-refractivity contribution < 1.29 is 19.1 Å². The second kappa shape index (κ2) is 10.2. The number of nitrogens with zero attached hydrogens (tertiary/aromatic N) is 2. The van der Waals surface area contributed by atoms with E-state index < -0.39 is 12.0 Å². The van der Waals surface area contributed by atoms with Crippen LogP contribution in [0.4, 0.5) is 0 Å². The predicted molar refractivity (Wildman–Crippen MR) is 133 cm³/mol. The van der Waals surface area contributed by atoms with E-state index in [-0.39, 0.29) is 0 Å². The van der Waals surface area contributed by atoms with E-state index in [0.29, 0.717) is 32.0 Å². The Morgan fingerprint density at radius 2 is 1.83 bits per heavy atom. The highest BCUT2D eigenvalue weighted by molar-refractivity contribution is 5.76. The number of carbonyl (C=O) groups is 1. The molecule has 1 unspecified atom stereocenters. The molecule has 1 aliphatic heterocycles. The zero-order valence-corrected chi connectivity index (χ0v) is 19.7. The number of carboxylic acid groups (broad SMARTS) is 1. The summed E-state index contributed by atoms with van der Waals surface area (Å²) in [6.07, 6.45) is 1.41. The Balaban J connectivity index is 1.25. The average Bonchev–Trinajstić information content (AvgIpc) is 3.25. The Kier molecular flexibility index (Phi) is 6.64. The van der Waals surface area contributed by atoms with Gasteiger partial charge in [-0.3, -0.25) is 9.69 Å². The van der Waals surface area contributed by atoms with Crippen LogP contribution in [0.3, 0.4) is 0 Å². The van der Waals surface area contributed by atoms with Gasteiger partial charge < -0.3 is 14.3 Å². The van der Waals surface area contributed by atoms with E-state index in [1.807, 2.05) is 90.7 Å². The van der Waals surface area contributed by atoms with Crippen LogP contribution < -0.4 is 4.74 Å². The Morgan fingerprint density at radius 3 is 2.57 bits per heavy atom. The molecule has 0 aliphatic carbocycles. The van der Waals surface area contributed by atoms with Crippen LogP contribution >= 0.6 is 0 Å². The molecule has 0 radical (unpaired) electrons. The van der Waals surface area contributed by atoms with E-state index in [2.05, 4.69) is 4.98 Å². The van der Waals surface area contributed by atoms with Gasteiger partial charge in [-0.05, 0) is 54.3 Å². The lowest BCUT2D eigenvalue weighted by atomic mass is 9.92. The topological polar surface area (TPSA) is 75.8 Å². The molecular weight excluding hydrogens is 440 g/mol.